The lowest BCUT2D eigenvalue weighted by molar-refractivity contribution is -0.135. The Labute approximate surface area is 206 Å². The zero-order valence-corrected chi connectivity index (χ0v) is 19.7. The molecule has 0 fully saturated rings. The van der Waals surface area contributed by atoms with Gasteiger partial charge in [0, 0.05) is 24.4 Å². The first-order chi connectivity index (χ1) is 17.3. The van der Waals surface area contributed by atoms with Crippen LogP contribution in [0.15, 0.2) is 60.8 Å². The number of benzene rings is 2. The molecule has 5 N–H and O–H groups in total. The zero-order chi connectivity index (χ0) is 25.8. The van der Waals surface area contributed by atoms with Gasteiger partial charge in [0.2, 0.25) is 0 Å². The van der Waals surface area contributed by atoms with Crippen LogP contribution in [0.2, 0.25) is 0 Å². The molecule has 2 heterocycles. The third-order valence-electron chi connectivity index (χ3n) is 5.63. The summed E-state index contributed by atoms with van der Waals surface area (Å²) < 4.78 is 7.31. The van der Waals surface area contributed by atoms with Crippen molar-refractivity contribution in [1.82, 2.24) is 14.5 Å². The number of amides is 1. The van der Waals surface area contributed by atoms with Gasteiger partial charge in [0.15, 0.2) is 0 Å². The summed E-state index contributed by atoms with van der Waals surface area (Å²) >= 11 is 0. The van der Waals surface area contributed by atoms with Crippen molar-refractivity contribution in [3.63, 3.8) is 0 Å². The molecule has 0 bridgehead atoms. The van der Waals surface area contributed by atoms with Crippen LogP contribution in [0.5, 0.6) is 5.75 Å². The van der Waals surface area contributed by atoms with E-state index in [1.807, 2.05) is 11.6 Å². The van der Waals surface area contributed by atoms with Crippen molar-refractivity contribution < 1.29 is 19.4 Å². The average molecular weight is 488 g/mol. The van der Waals surface area contributed by atoms with Crippen molar-refractivity contribution in [2.45, 2.75) is 6.54 Å². The van der Waals surface area contributed by atoms with E-state index in [0.717, 1.165) is 10.4 Å². The number of nitrogens with two attached hydrogens (primary N) is 1. The second-order valence-electron chi connectivity index (χ2n) is 7.95. The van der Waals surface area contributed by atoms with E-state index in [-0.39, 0.29) is 11.7 Å². The molecule has 4 aromatic rings. The summed E-state index contributed by atoms with van der Waals surface area (Å²) in [5.41, 5.74) is 8.53. The fourth-order valence-corrected chi connectivity index (χ4v) is 3.78. The maximum Gasteiger partial charge on any atom is 0.323 e. The lowest BCUT2D eigenvalue weighted by atomic mass is 10.1. The van der Waals surface area contributed by atoms with Crippen LogP contribution in [0.1, 0.15) is 21.7 Å². The molecule has 11 heteroatoms. The van der Waals surface area contributed by atoms with E-state index in [9.17, 15) is 14.7 Å². The molecule has 0 saturated heterocycles. The molecule has 0 atom stereocenters. The third-order valence-corrected chi connectivity index (χ3v) is 5.63. The number of imidazole rings is 1. The lowest BCUT2D eigenvalue weighted by Crippen LogP contribution is -2.36. The number of fused-ring (bicyclic) bond motifs is 1. The van der Waals surface area contributed by atoms with Crippen LogP contribution in [-0.4, -0.2) is 51.0 Å². The fraction of sp³-hybridized carbons (Fsp3) is 0.160. The standard InChI is InChI=1S/C25H25N7O4/c1-31-19-9-7-16(25(35)32(14-23(33)34)21-5-3-4-10-28-21)11-18(19)30-22(31)13-29-17-8-6-15(24(26)27)12-20(17)36-2/h3-12,29H,13-14H2,1-2H3,(H3,26,27)(H,33,34). The second-order valence-corrected chi connectivity index (χ2v) is 7.95. The summed E-state index contributed by atoms with van der Waals surface area (Å²) in [5, 5.41) is 20.2. The molecule has 0 spiro atoms. The minimum Gasteiger partial charge on any atom is -0.495 e. The number of aliphatic carboxylic acids is 1. The van der Waals surface area contributed by atoms with E-state index >= 15 is 0 Å². The van der Waals surface area contributed by atoms with Crippen molar-refractivity contribution in [1.29, 1.82) is 5.41 Å². The first kappa shape index (κ1) is 24.2. The van der Waals surface area contributed by atoms with Crippen molar-refractivity contribution in [3.05, 3.63) is 77.7 Å². The number of aryl methyl sites for hydroxylation is 1. The monoisotopic (exact) mass is 487 g/mol. The minimum absolute atomic E-state index is 0.0504. The number of ether oxygens (including phenoxy) is 1. The van der Waals surface area contributed by atoms with E-state index in [1.165, 1.54) is 13.3 Å². The van der Waals surface area contributed by atoms with E-state index < -0.39 is 18.4 Å². The lowest BCUT2D eigenvalue weighted by Gasteiger charge is -2.19. The predicted octanol–water partition coefficient (Wildman–Crippen LogP) is 2.60. The highest BCUT2D eigenvalue weighted by atomic mass is 16.5. The molecule has 0 aliphatic rings. The molecule has 184 valence electrons. The Kier molecular flexibility index (Phi) is 6.81. The Balaban J connectivity index is 1.59. The first-order valence-corrected chi connectivity index (χ1v) is 10.9. The molecule has 0 saturated carbocycles. The van der Waals surface area contributed by atoms with Crippen LogP contribution in [0.4, 0.5) is 11.5 Å². The van der Waals surface area contributed by atoms with Crippen molar-refractivity contribution in [2.75, 3.05) is 23.9 Å². The summed E-state index contributed by atoms with van der Waals surface area (Å²) in [7, 11) is 3.41. The number of hydrogen-bond donors (Lipinski definition) is 4. The van der Waals surface area contributed by atoms with Gasteiger partial charge in [-0.3, -0.25) is 19.9 Å². The van der Waals surface area contributed by atoms with Gasteiger partial charge in [-0.05, 0) is 48.5 Å². The van der Waals surface area contributed by atoms with Gasteiger partial charge in [-0.2, -0.15) is 0 Å². The van der Waals surface area contributed by atoms with Crippen molar-refractivity contribution in [3.8, 4) is 5.75 Å². The van der Waals surface area contributed by atoms with Gasteiger partial charge in [0.05, 0.1) is 30.4 Å². The van der Waals surface area contributed by atoms with Gasteiger partial charge in [0.25, 0.3) is 5.91 Å². The summed E-state index contributed by atoms with van der Waals surface area (Å²) in [6.07, 6.45) is 1.50. The van der Waals surface area contributed by atoms with Gasteiger partial charge in [-0.15, -0.1) is 0 Å². The molecule has 36 heavy (non-hydrogen) atoms. The van der Waals surface area contributed by atoms with E-state index in [1.54, 1.807) is 54.6 Å². The molecule has 1 amide bonds. The summed E-state index contributed by atoms with van der Waals surface area (Å²) in [5.74, 6) is -0.181. The molecule has 2 aromatic heterocycles. The number of anilines is 2. The average Bonchev–Trinajstić information content (AvgIpc) is 3.20. The summed E-state index contributed by atoms with van der Waals surface area (Å²) in [6.45, 7) is -0.154. The Morgan fingerprint density at radius 1 is 1.17 bits per heavy atom. The molecular weight excluding hydrogens is 462 g/mol. The molecule has 0 unspecified atom stereocenters. The number of nitrogens with zero attached hydrogens (tertiary/aromatic N) is 4. The number of nitrogen functional groups attached to an aromatic ring is 1. The number of carboxylic acid groups (broad SMARTS) is 1. The quantitative estimate of drug-likeness (QED) is 0.207. The highest BCUT2D eigenvalue weighted by Gasteiger charge is 2.22. The number of rotatable bonds is 9. The molecule has 0 aliphatic heterocycles. The fourth-order valence-electron chi connectivity index (χ4n) is 3.78. The predicted molar refractivity (Wildman–Crippen MR) is 136 cm³/mol. The number of amidine groups is 1. The normalized spacial score (nSPS) is 10.7. The Bertz CT molecular complexity index is 1450. The van der Waals surface area contributed by atoms with E-state index in [0.29, 0.717) is 40.4 Å². The van der Waals surface area contributed by atoms with Crippen LogP contribution in [-0.2, 0) is 18.4 Å². The Hall–Kier alpha value is -4.93. The first-order valence-electron chi connectivity index (χ1n) is 10.9. The Morgan fingerprint density at radius 2 is 1.94 bits per heavy atom. The maximum atomic E-state index is 13.2. The number of carbonyl (C=O) groups is 2. The van der Waals surface area contributed by atoms with Gasteiger partial charge in [-0.25, -0.2) is 9.97 Å². The highest BCUT2D eigenvalue weighted by Crippen LogP contribution is 2.27. The molecule has 0 radical (unpaired) electrons. The molecule has 0 aliphatic carbocycles. The molecule has 2 aromatic carbocycles. The molecule has 4 rings (SSSR count). The number of methoxy groups -OCH3 is 1. The summed E-state index contributed by atoms with van der Waals surface area (Å²) in [4.78, 5) is 34.5. The van der Waals surface area contributed by atoms with E-state index in [4.69, 9.17) is 15.9 Å². The largest absolute Gasteiger partial charge is 0.495 e. The number of carboxylic acids is 1. The maximum absolute atomic E-state index is 13.2. The number of aromatic nitrogens is 3. The number of nitrogens with one attached hydrogen (secondary N) is 2. The van der Waals surface area contributed by atoms with Gasteiger partial charge >= 0.3 is 5.97 Å². The smallest absolute Gasteiger partial charge is 0.323 e. The number of carbonyl (C=O) groups excluding carboxylic acids is 1. The topological polar surface area (TPSA) is 159 Å². The molecule has 11 nitrogen and oxygen atoms in total. The SMILES string of the molecule is COc1cc(C(=N)N)ccc1NCc1nc2cc(C(=O)N(CC(=O)O)c3ccccn3)ccc2n1C. The van der Waals surface area contributed by atoms with Crippen LogP contribution in [0.3, 0.4) is 0 Å². The number of pyridine rings is 1. The van der Waals surface area contributed by atoms with Gasteiger partial charge < -0.3 is 25.5 Å². The second kappa shape index (κ2) is 10.1. The Morgan fingerprint density at radius 3 is 2.61 bits per heavy atom. The van der Waals surface area contributed by atoms with E-state index in [2.05, 4.69) is 15.3 Å². The van der Waals surface area contributed by atoms with Crippen LogP contribution in [0.25, 0.3) is 11.0 Å². The number of hydrogen-bond acceptors (Lipinski definition) is 7. The van der Waals surface area contributed by atoms with Gasteiger partial charge in [-0.1, -0.05) is 6.07 Å². The van der Waals surface area contributed by atoms with Crippen LogP contribution in [0, 0.1) is 5.41 Å². The van der Waals surface area contributed by atoms with Crippen molar-refractivity contribution in [2.24, 2.45) is 12.8 Å². The minimum atomic E-state index is -1.15. The zero-order valence-electron chi connectivity index (χ0n) is 19.7. The summed E-state index contributed by atoms with van der Waals surface area (Å²) in [6, 6.07) is 15.2. The third kappa shape index (κ3) is 4.94. The van der Waals surface area contributed by atoms with Crippen LogP contribution >= 0.6 is 0 Å². The molecular formula is C25H25N7O4. The van der Waals surface area contributed by atoms with Gasteiger partial charge in [0.1, 0.15) is 29.8 Å². The highest BCUT2D eigenvalue weighted by molar-refractivity contribution is 6.09. The van der Waals surface area contributed by atoms with Crippen molar-refractivity contribution >= 4 is 40.3 Å². The van der Waals surface area contributed by atoms with Crippen LogP contribution < -0.4 is 20.7 Å².